The van der Waals surface area contributed by atoms with Crippen LogP contribution in [0.25, 0.3) is 10.9 Å². The van der Waals surface area contributed by atoms with E-state index < -0.39 is 0 Å². The molecular weight excluding hydrogens is 168 g/mol. The summed E-state index contributed by atoms with van der Waals surface area (Å²) in [7, 11) is 0. The molecular formula is C8H8N4O. The van der Waals surface area contributed by atoms with Gasteiger partial charge in [-0.05, 0) is 12.1 Å². The van der Waals surface area contributed by atoms with Crippen LogP contribution in [0.5, 0.6) is 0 Å². The van der Waals surface area contributed by atoms with E-state index in [1.807, 2.05) is 0 Å². The highest BCUT2D eigenvalue weighted by molar-refractivity contribution is 5.96. The molecule has 5 heteroatoms. The van der Waals surface area contributed by atoms with Crippen LogP contribution in [0, 0.1) is 5.21 Å². The molecule has 4 N–H and O–H groups in total. The van der Waals surface area contributed by atoms with E-state index in [9.17, 15) is 5.21 Å². The second-order valence-corrected chi connectivity index (χ2v) is 2.72. The van der Waals surface area contributed by atoms with Gasteiger partial charge in [0.2, 0.25) is 6.20 Å². The van der Waals surface area contributed by atoms with E-state index in [0.717, 1.165) is 0 Å². The summed E-state index contributed by atoms with van der Waals surface area (Å²) in [6.45, 7) is 0. The van der Waals surface area contributed by atoms with Crippen LogP contribution in [-0.2, 0) is 0 Å². The number of aromatic nitrogens is 2. The molecule has 0 aliphatic carbocycles. The molecule has 0 spiro atoms. The molecule has 0 amide bonds. The maximum atomic E-state index is 10.9. The molecule has 13 heavy (non-hydrogen) atoms. The Labute approximate surface area is 74.2 Å². The predicted molar refractivity (Wildman–Crippen MR) is 49.5 cm³/mol. The van der Waals surface area contributed by atoms with Crippen LogP contribution < -0.4 is 16.3 Å². The number of hydrogen-bond acceptors (Lipinski definition) is 4. The molecule has 0 atom stereocenters. The average Bonchev–Trinajstić information content (AvgIpc) is 2.12. The number of benzene rings is 1. The number of hydrogen-bond donors (Lipinski definition) is 2. The Hall–Kier alpha value is -2.04. The Balaban J connectivity index is 2.92. The third-order valence-electron chi connectivity index (χ3n) is 1.85. The van der Waals surface area contributed by atoms with Crippen LogP contribution in [-0.4, -0.2) is 5.10 Å². The molecule has 2 aromatic rings. The zero-order valence-electron chi connectivity index (χ0n) is 6.77. The van der Waals surface area contributed by atoms with Crippen LogP contribution in [0.2, 0.25) is 0 Å². The van der Waals surface area contributed by atoms with Crippen molar-refractivity contribution < 1.29 is 4.85 Å². The lowest BCUT2D eigenvalue weighted by atomic mass is 10.2. The lowest BCUT2D eigenvalue weighted by molar-refractivity contribution is -0.666. The number of nitrogens with zero attached hydrogens (tertiary/aromatic N) is 2. The normalized spacial score (nSPS) is 10.5. The highest BCUT2D eigenvalue weighted by atomic mass is 16.5. The van der Waals surface area contributed by atoms with E-state index in [1.54, 1.807) is 18.2 Å². The highest BCUT2D eigenvalue weighted by Crippen LogP contribution is 2.22. The van der Waals surface area contributed by atoms with E-state index in [1.165, 1.54) is 6.20 Å². The summed E-state index contributed by atoms with van der Waals surface area (Å²) < 4.78 is 0. The van der Waals surface area contributed by atoms with Gasteiger partial charge in [0.15, 0.2) is 5.52 Å². The SMILES string of the molecule is Nc1ccc(N)c2n[n+]([O-])ccc12. The Bertz CT molecular complexity index is 469. The van der Waals surface area contributed by atoms with Crippen molar-refractivity contribution in [3.8, 4) is 0 Å². The van der Waals surface area contributed by atoms with Crippen molar-refractivity contribution >= 4 is 22.3 Å². The van der Waals surface area contributed by atoms with Crippen molar-refractivity contribution in [2.24, 2.45) is 0 Å². The first-order valence-electron chi connectivity index (χ1n) is 3.72. The van der Waals surface area contributed by atoms with Crippen LogP contribution in [0.3, 0.4) is 0 Å². The monoisotopic (exact) mass is 176 g/mol. The summed E-state index contributed by atoms with van der Waals surface area (Å²) in [4.78, 5) is 0.456. The van der Waals surface area contributed by atoms with E-state index in [-0.39, 0.29) is 0 Å². The average molecular weight is 176 g/mol. The summed E-state index contributed by atoms with van der Waals surface area (Å²) in [5, 5.41) is 15.2. The molecule has 0 saturated heterocycles. The van der Waals surface area contributed by atoms with Crippen LogP contribution in [0.4, 0.5) is 11.4 Å². The molecule has 2 rings (SSSR count). The van der Waals surface area contributed by atoms with E-state index in [4.69, 9.17) is 11.5 Å². The van der Waals surface area contributed by atoms with Gasteiger partial charge in [0.25, 0.3) is 0 Å². The van der Waals surface area contributed by atoms with Crippen molar-refractivity contribution in [1.82, 2.24) is 5.10 Å². The lowest BCUT2D eigenvalue weighted by Crippen LogP contribution is -2.30. The molecule has 0 radical (unpaired) electrons. The summed E-state index contributed by atoms with van der Waals surface area (Å²) in [6.07, 6.45) is 1.29. The van der Waals surface area contributed by atoms with Gasteiger partial charge in [0, 0.05) is 22.2 Å². The third-order valence-corrected chi connectivity index (χ3v) is 1.85. The molecule has 0 unspecified atom stereocenters. The number of fused-ring (bicyclic) bond motifs is 1. The first kappa shape index (κ1) is 7.60. The summed E-state index contributed by atoms with van der Waals surface area (Å²) >= 11 is 0. The maximum absolute atomic E-state index is 10.9. The van der Waals surface area contributed by atoms with Gasteiger partial charge >= 0.3 is 0 Å². The molecule has 5 nitrogen and oxygen atoms in total. The fourth-order valence-electron chi connectivity index (χ4n) is 1.20. The van der Waals surface area contributed by atoms with Gasteiger partial charge in [-0.2, -0.15) is 0 Å². The maximum Gasteiger partial charge on any atom is 0.210 e. The van der Waals surface area contributed by atoms with Crippen molar-refractivity contribution in [1.29, 1.82) is 0 Å². The van der Waals surface area contributed by atoms with Crippen molar-refractivity contribution in [2.75, 3.05) is 11.5 Å². The molecule has 66 valence electrons. The number of rotatable bonds is 0. The fourth-order valence-corrected chi connectivity index (χ4v) is 1.20. The van der Waals surface area contributed by atoms with Gasteiger partial charge in [0.05, 0.1) is 5.69 Å². The van der Waals surface area contributed by atoms with Crippen molar-refractivity contribution in [3.05, 3.63) is 29.6 Å². The first-order chi connectivity index (χ1) is 6.18. The number of nitrogens with two attached hydrogens (primary N) is 2. The molecule has 0 fully saturated rings. The van der Waals surface area contributed by atoms with Gasteiger partial charge in [0.1, 0.15) is 0 Å². The van der Waals surface area contributed by atoms with Gasteiger partial charge in [-0.15, -0.1) is 0 Å². The molecule has 1 aromatic heterocycles. The van der Waals surface area contributed by atoms with Crippen molar-refractivity contribution in [2.45, 2.75) is 0 Å². The Morgan fingerprint density at radius 2 is 1.85 bits per heavy atom. The largest absolute Gasteiger partial charge is 0.594 e. The minimum atomic E-state index is 0.442. The van der Waals surface area contributed by atoms with Gasteiger partial charge < -0.3 is 16.7 Å². The Kier molecular flexibility index (Phi) is 1.45. The summed E-state index contributed by atoms with van der Waals surface area (Å²) in [5.74, 6) is 0. The molecule has 0 aliphatic heterocycles. The van der Waals surface area contributed by atoms with E-state index >= 15 is 0 Å². The van der Waals surface area contributed by atoms with Gasteiger partial charge in [-0.3, -0.25) is 0 Å². The molecule has 0 aliphatic rings. The predicted octanol–water partition coefficient (Wildman–Crippen LogP) is 0.0326. The van der Waals surface area contributed by atoms with Gasteiger partial charge in [-0.25, -0.2) is 0 Å². The molecule has 1 heterocycles. The van der Waals surface area contributed by atoms with E-state index in [2.05, 4.69) is 5.10 Å². The Morgan fingerprint density at radius 3 is 2.62 bits per heavy atom. The van der Waals surface area contributed by atoms with Crippen LogP contribution >= 0.6 is 0 Å². The number of anilines is 2. The zero-order valence-corrected chi connectivity index (χ0v) is 6.77. The highest BCUT2D eigenvalue weighted by Gasteiger charge is 2.06. The molecule has 0 bridgehead atoms. The van der Waals surface area contributed by atoms with Crippen molar-refractivity contribution in [3.63, 3.8) is 0 Å². The van der Waals surface area contributed by atoms with Gasteiger partial charge in [-0.1, -0.05) is 4.85 Å². The fraction of sp³-hybridized carbons (Fsp3) is 0. The van der Waals surface area contributed by atoms with E-state index in [0.29, 0.717) is 27.1 Å². The minimum Gasteiger partial charge on any atom is -0.594 e. The Morgan fingerprint density at radius 1 is 1.15 bits per heavy atom. The smallest absolute Gasteiger partial charge is 0.210 e. The van der Waals surface area contributed by atoms with Crippen LogP contribution in [0.1, 0.15) is 0 Å². The first-order valence-corrected chi connectivity index (χ1v) is 3.72. The number of nitrogen functional groups attached to an aromatic ring is 2. The standard InChI is InChI=1S/C8H8N4O/c9-6-1-2-7(10)8-5(6)3-4-12(13)11-8/h1-4H,9-10H2. The lowest BCUT2D eigenvalue weighted by Gasteiger charge is -2.02. The summed E-state index contributed by atoms with van der Waals surface area (Å²) in [6, 6.07) is 4.92. The second kappa shape index (κ2) is 2.48. The third kappa shape index (κ3) is 1.10. The quantitative estimate of drug-likeness (QED) is 0.336. The topological polar surface area (TPSA) is 91.9 Å². The zero-order chi connectivity index (χ0) is 9.42. The molecule has 1 aromatic carbocycles. The molecule has 0 saturated carbocycles. The second-order valence-electron chi connectivity index (χ2n) is 2.72. The van der Waals surface area contributed by atoms with Crippen LogP contribution in [0.15, 0.2) is 24.4 Å². The minimum absolute atomic E-state index is 0.442. The summed E-state index contributed by atoms with van der Waals surface area (Å²) in [5.41, 5.74) is 12.8.